The Hall–Kier alpha value is -1.02. The lowest BCUT2D eigenvalue weighted by atomic mass is 9.83. The first kappa shape index (κ1) is 13.4. The molecule has 2 heteroatoms. The summed E-state index contributed by atoms with van der Waals surface area (Å²) < 4.78 is 5.72. The van der Waals surface area contributed by atoms with Gasteiger partial charge in [-0.25, -0.2) is 0 Å². The van der Waals surface area contributed by atoms with E-state index in [1.165, 1.54) is 30.4 Å². The van der Waals surface area contributed by atoms with Gasteiger partial charge in [0, 0.05) is 11.6 Å². The third-order valence-corrected chi connectivity index (χ3v) is 3.74. The van der Waals surface area contributed by atoms with Crippen molar-refractivity contribution >= 4 is 0 Å². The molecule has 100 valence electrons. The van der Waals surface area contributed by atoms with E-state index in [1.54, 1.807) is 7.11 Å². The maximum absolute atomic E-state index is 5.72. The van der Waals surface area contributed by atoms with Crippen molar-refractivity contribution in [2.24, 2.45) is 0 Å². The van der Waals surface area contributed by atoms with Crippen LogP contribution < -0.4 is 10.1 Å². The molecule has 0 saturated carbocycles. The van der Waals surface area contributed by atoms with Gasteiger partial charge in [-0.15, -0.1) is 0 Å². The van der Waals surface area contributed by atoms with Crippen LogP contribution in [0.1, 0.15) is 57.2 Å². The van der Waals surface area contributed by atoms with Crippen LogP contribution in [-0.2, 0) is 5.41 Å². The number of nitrogens with one attached hydrogen (secondary N) is 1. The lowest BCUT2D eigenvalue weighted by Crippen LogP contribution is -2.27. The Balaban J connectivity index is 2.40. The van der Waals surface area contributed by atoms with Gasteiger partial charge in [-0.3, -0.25) is 0 Å². The quantitative estimate of drug-likeness (QED) is 0.858. The number of methoxy groups -OCH3 is 1. The molecule has 1 unspecified atom stereocenters. The predicted molar refractivity (Wildman–Crippen MR) is 76.3 cm³/mol. The Morgan fingerprint density at radius 1 is 1.22 bits per heavy atom. The summed E-state index contributed by atoms with van der Waals surface area (Å²) in [5, 5.41) is 3.61. The molecule has 1 saturated heterocycles. The zero-order valence-electron chi connectivity index (χ0n) is 12.0. The first-order chi connectivity index (χ1) is 8.54. The lowest BCUT2D eigenvalue weighted by Gasteiger charge is -2.29. The molecule has 1 aromatic rings. The fourth-order valence-corrected chi connectivity index (χ4v) is 2.76. The van der Waals surface area contributed by atoms with Gasteiger partial charge in [-0.1, -0.05) is 45.4 Å². The first-order valence-electron chi connectivity index (χ1n) is 6.95. The van der Waals surface area contributed by atoms with Gasteiger partial charge in [0.15, 0.2) is 0 Å². The summed E-state index contributed by atoms with van der Waals surface area (Å²) in [5.41, 5.74) is 2.75. The Morgan fingerprint density at radius 3 is 2.56 bits per heavy atom. The fraction of sp³-hybridized carbons (Fsp3) is 0.625. The highest BCUT2D eigenvalue weighted by atomic mass is 16.5. The van der Waals surface area contributed by atoms with E-state index in [0.717, 1.165) is 12.3 Å². The maximum atomic E-state index is 5.72. The Labute approximate surface area is 111 Å². The summed E-state index contributed by atoms with van der Waals surface area (Å²) in [6.45, 7) is 7.84. The van der Waals surface area contributed by atoms with Gasteiger partial charge in [0.1, 0.15) is 5.75 Å². The molecular formula is C16H25NO. The summed E-state index contributed by atoms with van der Waals surface area (Å²) in [6, 6.07) is 7.01. The van der Waals surface area contributed by atoms with Crippen LogP contribution >= 0.6 is 0 Å². The van der Waals surface area contributed by atoms with Crippen molar-refractivity contribution in [1.29, 1.82) is 0 Å². The minimum atomic E-state index is 0.121. The molecule has 1 heterocycles. The largest absolute Gasteiger partial charge is 0.496 e. The fourth-order valence-electron chi connectivity index (χ4n) is 2.76. The van der Waals surface area contributed by atoms with Crippen LogP contribution in [0.4, 0.5) is 0 Å². The second kappa shape index (κ2) is 5.31. The third-order valence-electron chi connectivity index (χ3n) is 3.74. The number of para-hydroxylation sites is 1. The Bertz CT molecular complexity index is 400. The normalized spacial score (nSPS) is 20.8. The van der Waals surface area contributed by atoms with Crippen LogP contribution in [0.5, 0.6) is 5.75 Å². The van der Waals surface area contributed by atoms with Crippen molar-refractivity contribution in [3.8, 4) is 5.75 Å². The van der Waals surface area contributed by atoms with E-state index < -0.39 is 0 Å². The van der Waals surface area contributed by atoms with Crippen LogP contribution in [-0.4, -0.2) is 13.7 Å². The molecule has 0 amide bonds. The summed E-state index contributed by atoms with van der Waals surface area (Å²) in [5.74, 6) is 1.07. The van der Waals surface area contributed by atoms with E-state index in [2.05, 4.69) is 44.3 Å². The maximum Gasteiger partial charge on any atom is 0.127 e. The lowest BCUT2D eigenvalue weighted by molar-refractivity contribution is 0.364. The molecule has 1 atom stereocenters. The summed E-state index contributed by atoms with van der Waals surface area (Å²) in [4.78, 5) is 0. The summed E-state index contributed by atoms with van der Waals surface area (Å²) in [6.07, 6.45) is 3.81. The summed E-state index contributed by atoms with van der Waals surface area (Å²) in [7, 11) is 1.79. The van der Waals surface area contributed by atoms with Crippen molar-refractivity contribution in [3.63, 3.8) is 0 Å². The van der Waals surface area contributed by atoms with Crippen molar-refractivity contribution < 1.29 is 4.74 Å². The number of ether oxygens (including phenoxy) is 1. The minimum absolute atomic E-state index is 0.121. The average Bonchev–Trinajstić information content (AvgIpc) is 2.37. The minimum Gasteiger partial charge on any atom is -0.496 e. The molecular weight excluding hydrogens is 222 g/mol. The highest BCUT2D eigenvalue weighted by Crippen LogP contribution is 2.38. The summed E-state index contributed by atoms with van der Waals surface area (Å²) >= 11 is 0. The van der Waals surface area contributed by atoms with Gasteiger partial charge < -0.3 is 10.1 Å². The second-order valence-electron chi connectivity index (χ2n) is 6.18. The number of rotatable bonds is 2. The molecule has 0 spiro atoms. The van der Waals surface area contributed by atoms with Crippen molar-refractivity contribution in [2.45, 2.75) is 51.5 Å². The number of hydrogen-bond acceptors (Lipinski definition) is 2. The van der Waals surface area contributed by atoms with E-state index in [1.807, 2.05) is 0 Å². The van der Waals surface area contributed by atoms with Crippen molar-refractivity contribution in [3.05, 3.63) is 29.3 Å². The molecule has 2 rings (SSSR count). The van der Waals surface area contributed by atoms with E-state index in [4.69, 9.17) is 4.74 Å². The zero-order chi connectivity index (χ0) is 13.2. The van der Waals surface area contributed by atoms with E-state index in [-0.39, 0.29) is 5.41 Å². The molecule has 1 aliphatic rings. The topological polar surface area (TPSA) is 21.3 Å². The molecule has 1 aromatic carbocycles. The predicted octanol–water partition coefficient (Wildman–Crippen LogP) is 3.81. The van der Waals surface area contributed by atoms with Gasteiger partial charge in [0.25, 0.3) is 0 Å². The van der Waals surface area contributed by atoms with Crippen molar-refractivity contribution in [2.75, 3.05) is 13.7 Å². The number of piperidine rings is 1. The number of hydrogen-bond donors (Lipinski definition) is 1. The van der Waals surface area contributed by atoms with Crippen LogP contribution in [0.25, 0.3) is 0 Å². The van der Waals surface area contributed by atoms with Crippen LogP contribution in [0.3, 0.4) is 0 Å². The molecule has 0 aromatic heterocycles. The second-order valence-corrected chi connectivity index (χ2v) is 6.18. The molecule has 1 aliphatic heterocycles. The van der Waals surface area contributed by atoms with E-state index in [0.29, 0.717) is 6.04 Å². The molecule has 18 heavy (non-hydrogen) atoms. The molecule has 1 N–H and O–H groups in total. The first-order valence-corrected chi connectivity index (χ1v) is 6.95. The Kier molecular flexibility index (Phi) is 3.96. The van der Waals surface area contributed by atoms with Gasteiger partial charge >= 0.3 is 0 Å². The molecule has 1 fully saturated rings. The van der Waals surface area contributed by atoms with Gasteiger partial charge in [0.2, 0.25) is 0 Å². The van der Waals surface area contributed by atoms with E-state index in [9.17, 15) is 0 Å². The molecule has 2 nitrogen and oxygen atoms in total. The highest BCUT2D eigenvalue weighted by Gasteiger charge is 2.24. The van der Waals surface area contributed by atoms with E-state index >= 15 is 0 Å². The van der Waals surface area contributed by atoms with Crippen LogP contribution in [0.15, 0.2) is 18.2 Å². The molecule has 0 bridgehead atoms. The van der Waals surface area contributed by atoms with Crippen molar-refractivity contribution in [1.82, 2.24) is 5.32 Å². The highest BCUT2D eigenvalue weighted by molar-refractivity contribution is 5.46. The van der Waals surface area contributed by atoms with Crippen LogP contribution in [0.2, 0.25) is 0 Å². The SMILES string of the molecule is COc1c(C2CCCCN2)cccc1C(C)(C)C. The number of benzene rings is 1. The Morgan fingerprint density at radius 2 is 2.00 bits per heavy atom. The van der Waals surface area contributed by atoms with Gasteiger partial charge in [-0.2, -0.15) is 0 Å². The zero-order valence-corrected chi connectivity index (χ0v) is 12.0. The van der Waals surface area contributed by atoms with Gasteiger partial charge in [0.05, 0.1) is 7.11 Å². The average molecular weight is 247 g/mol. The van der Waals surface area contributed by atoms with Crippen LogP contribution in [0, 0.1) is 0 Å². The molecule has 0 radical (unpaired) electrons. The smallest absolute Gasteiger partial charge is 0.127 e. The standard InChI is InChI=1S/C16H25NO/c1-16(2,3)13-9-7-8-12(15(13)18-4)14-10-5-6-11-17-14/h7-9,14,17H,5-6,10-11H2,1-4H3. The molecule has 0 aliphatic carbocycles. The van der Waals surface area contributed by atoms with Gasteiger partial charge in [-0.05, 0) is 30.4 Å². The third kappa shape index (κ3) is 2.69. The monoisotopic (exact) mass is 247 g/mol.